The largest absolute Gasteiger partial charge is 0.361 e. The Morgan fingerprint density at radius 2 is 2.27 bits per heavy atom. The Hall–Kier alpha value is -2.05. The molecule has 0 saturated carbocycles. The number of nitrogens with one attached hydrogen (secondary N) is 2. The van der Waals surface area contributed by atoms with E-state index in [0.29, 0.717) is 4.77 Å². The summed E-state index contributed by atoms with van der Waals surface area (Å²) in [5.41, 5.74) is 4.45. The number of fused-ring (bicyclic) bond motifs is 2. The van der Waals surface area contributed by atoms with Crippen molar-refractivity contribution in [1.82, 2.24) is 19.9 Å². The molecular formula is C16H15FN4S. The Labute approximate surface area is 132 Å². The van der Waals surface area contributed by atoms with E-state index in [1.165, 1.54) is 11.6 Å². The lowest BCUT2D eigenvalue weighted by atomic mass is 10.1. The van der Waals surface area contributed by atoms with E-state index < -0.39 is 0 Å². The van der Waals surface area contributed by atoms with Crippen LogP contribution in [0.5, 0.6) is 0 Å². The second kappa shape index (κ2) is 5.30. The van der Waals surface area contributed by atoms with Crippen molar-refractivity contribution in [2.24, 2.45) is 0 Å². The Kier molecular flexibility index (Phi) is 3.28. The van der Waals surface area contributed by atoms with Gasteiger partial charge in [-0.25, -0.2) is 9.37 Å². The number of hydrogen-bond acceptors (Lipinski definition) is 3. The minimum Gasteiger partial charge on any atom is -0.361 e. The first-order chi connectivity index (χ1) is 10.7. The third-order valence-corrected chi connectivity index (χ3v) is 4.39. The second-order valence-electron chi connectivity index (χ2n) is 5.66. The lowest BCUT2D eigenvalue weighted by Gasteiger charge is -2.27. The monoisotopic (exact) mass is 314 g/mol. The van der Waals surface area contributed by atoms with Crippen LogP contribution in [-0.4, -0.2) is 26.4 Å². The lowest BCUT2D eigenvalue weighted by molar-refractivity contribution is 0.242. The Morgan fingerprint density at radius 1 is 1.36 bits per heavy atom. The minimum atomic E-state index is -0.201. The summed E-state index contributed by atoms with van der Waals surface area (Å²) in [5.74, 6) is -0.201. The molecule has 0 amide bonds. The van der Waals surface area contributed by atoms with Crippen LogP contribution in [0.1, 0.15) is 16.8 Å². The molecule has 3 heterocycles. The van der Waals surface area contributed by atoms with Gasteiger partial charge in [-0.2, -0.15) is 0 Å². The van der Waals surface area contributed by atoms with Crippen molar-refractivity contribution < 1.29 is 4.39 Å². The van der Waals surface area contributed by atoms with Gasteiger partial charge in [0, 0.05) is 48.6 Å². The molecule has 6 heteroatoms. The Morgan fingerprint density at radius 3 is 3.18 bits per heavy atom. The van der Waals surface area contributed by atoms with Crippen LogP contribution in [0.15, 0.2) is 30.6 Å². The first-order valence-electron chi connectivity index (χ1n) is 7.24. The fraction of sp³-hybridized carbons (Fsp3) is 0.250. The van der Waals surface area contributed by atoms with E-state index >= 15 is 0 Å². The van der Waals surface area contributed by atoms with Crippen LogP contribution < -0.4 is 0 Å². The number of hydrogen-bond donors (Lipinski definition) is 2. The zero-order valence-corrected chi connectivity index (χ0v) is 12.7. The molecule has 0 radical (unpaired) electrons. The predicted octanol–water partition coefficient (Wildman–Crippen LogP) is 3.32. The van der Waals surface area contributed by atoms with E-state index in [9.17, 15) is 4.39 Å². The smallest absolute Gasteiger partial charge is 0.196 e. The average molecular weight is 314 g/mol. The standard InChI is InChI=1S/C16H15FN4S/c17-12-1-2-14-13(5-12)11(7-18-14)8-21-4-3-10-6-19-16(22)20-15(10)9-21/h1-2,5-7,18H,3-4,8-9H2,(H,19,20,22). The summed E-state index contributed by atoms with van der Waals surface area (Å²) in [5, 5.41) is 0.952. The molecule has 1 aliphatic rings. The van der Waals surface area contributed by atoms with Gasteiger partial charge in [-0.05, 0) is 48.0 Å². The summed E-state index contributed by atoms with van der Waals surface area (Å²) in [7, 11) is 0. The molecule has 2 N–H and O–H groups in total. The van der Waals surface area contributed by atoms with E-state index in [4.69, 9.17) is 12.2 Å². The SMILES string of the molecule is Fc1ccc2[nH]cc(CN3CCc4cnc(=S)[nH]c4C3)c2c1. The summed E-state index contributed by atoms with van der Waals surface area (Å²) in [6.45, 7) is 2.55. The number of H-pyrrole nitrogens is 2. The van der Waals surface area contributed by atoms with Gasteiger partial charge in [0.2, 0.25) is 0 Å². The van der Waals surface area contributed by atoms with Gasteiger partial charge in [0.1, 0.15) is 5.82 Å². The van der Waals surface area contributed by atoms with Gasteiger partial charge in [-0.1, -0.05) is 0 Å². The van der Waals surface area contributed by atoms with Crippen molar-refractivity contribution in [2.45, 2.75) is 19.5 Å². The van der Waals surface area contributed by atoms with E-state index in [2.05, 4.69) is 19.9 Å². The molecule has 0 bridgehead atoms. The summed E-state index contributed by atoms with van der Waals surface area (Å²) >= 11 is 5.10. The van der Waals surface area contributed by atoms with Crippen molar-refractivity contribution in [3.63, 3.8) is 0 Å². The molecule has 0 atom stereocenters. The van der Waals surface area contributed by atoms with Crippen LogP contribution >= 0.6 is 12.2 Å². The minimum absolute atomic E-state index is 0.201. The van der Waals surface area contributed by atoms with E-state index in [1.54, 1.807) is 12.1 Å². The van der Waals surface area contributed by atoms with Crippen LogP contribution in [0.25, 0.3) is 10.9 Å². The molecule has 3 aromatic rings. The average Bonchev–Trinajstić information content (AvgIpc) is 2.89. The molecular weight excluding hydrogens is 299 g/mol. The summed E-state index contributed by atoms with van der Waals surface area (Å²) in [4.78, 5) is 12.9. The molecule has 0 spiro atoms. The van der Waals surface area contributed by atoms with Gasteiger partial charge in [-0.15, -0.1) is 0 Å². The number of aromatic amines is 2. The third-order valence-electron chi connectivity index (χ3n) is 4.19. The quantitative estimate of drug-likeness (QED) is 0.713. The maximum absolute atomic E-state index is 13.5. The molecule has 0 aliphatic carbocycles. The van der Waals surface area contributed by atoms with Crippen LogP contribution in [0, 0.1) is 10.6 Å². The summed E-state index contributed by atoms with van der Waals surface area (Å²) < 4.78 is 14.0. The molecule has 4 rings (SSSR count). The Bertz CT molecular complexity index is 899. The van der Waals surface area contributed by atoms with Crippen LogP contribution in [0.2, 0.25) is 0 Å². The van der Waals surface area contributed by atoms with Crippen molar-refractivity contribution in [2.75, 3.05) is 6.54 Å². The van der Waals surface area contributed by atoms with E-state index in [-0.39, 0.29) is 5.82 Å². The topological polar surface area (TPSA) is 47.7 Å². The zero-order chi connectivity index (χ0) is 15.1. The number of benzene rings is 1. The molecule has 0 unspecified atom stereocenters. The lowest BCUT2D eigenvalue weighted by Crippen LogP contribution is -2.30. The van der Waals surface area contributed by atoms with Gasteiger partial charge < -0.3 is 9.97 Å². The van der Waals surface area contributed by atoms with Gasteiger partial charge in [0.05, 0.1) is 0 Å². The highest BCUT2D eigenvalue weighted by atomic mass is 32.1. The highest BCUT2D eigenvalue weighted by Gasteiger charge is 2.18. The molecule has 22 heavy (non-hydrogen) atoms. The zero-order valence-electron chi connectivity index (χ0n) is 11.9. The first kappa shape index (κ1) is 13.6. The number of nitrogens with zero attached hydrogens (tertiary/aromatic N) is 2. The van der Waals surface area contributed by atoms with Crippen molar-refractivity contribution >= 4 is 23.1 Å². The molecule has 1 aliphatic heterocycles. The molecule has 4 nitrogen and oxygen atoms in total. The maximum Gasteiger partial charge on any atom is 0.196 e. The van der Waals surface area contributed by atoms with Gasteiger partial charge in [-0.3, -0.25) is 4.90 Å². The van der Waals surface area contributed by atoms with Crippen molar-refractivity contribution in [1.29, 1.82) is 0 Å². The highest BCUT2D eigenvalue weighted by molar-refractivity contribution is 7.71. The van der Waals surface area contributed by atoms with Crippen LogP contribution in [0.3, 0.4) is 0 Å². The molecule has 112 valence electrons. The number of aromatic nitrogens is 3. The normalized spacial score (nSPS) is 15.1. The highest BCUT2D eigenvalue weighted by Crippen LogP contribution is 2.23. The fourth-order valence-electron chi connectivity index (χ4n) is 3.05. The fourth-order valence-corrected chi connectivity index (χ4v) is 3.23. The predicted molar refractivity (Wildman–Crippen MR) is 85.5 cm³/mol. The second-order valence-corrected chi connectivity index (χ2v) is 6.04. The Balaban J connectivity index is 1.61. The third kappa shape index (κ3) is 2.44. The molecule has 2 aromatic heterocycles. The summed E-state index contributed by atoms with van der Waals surface area (Å²) in [6.07, 6.45) is 4.78. The van der Waals surface area contributed by atoms with Crippen LogP contribution in [0.4, 0.5) is 4.39 Å². The van der Waals surface area contributed by atoms with Gasteiger partial charge in [0.25, 0.3) is 0 Å². The maximum atomic E-state index is 13.5. The van der Waals surface area contributed by atoms with E-state index in [0.717, 1.165) is 48.2 Å². The van der Waals surface area contributed by atoms with Crippen molar-refractivity contribution in [3.8, 4) is 0 Å². The molecule has 1 aromatic carbocycles. The van der Waals surface area contributed by atoms with E-state index in [1.807, 2.05) is 12.4 Å². The number of halogens is 1. The van der Waals surface area contributed by atoms with Crippen molar-refractivity contribution in [3.05, 3.63) is 58.0 Å². The summed E-state index contributed by atoms with van der Waals surface area (Å²) in [6, 6.07) is 4.85. The van der Waals surface area contributed by atoms with Gasteiger partial charge in [0.15, 0.2) is 4.77 Å². The van der Waals surface area contributed by atoms with Crippen LogP contribution in [-0.2, 0) is 19.5 Å². The molecule has 0 fully saturated rings. The first-order valence-corrected chi connectivity index (χ1v) is 7.65. The molecule has 0 saturated heterocycles. The number of rotatable bonds is 2. The van der Waals surface area contributed by atoms with Gasteiger partial charge >= 0.3 is 0 Å².